The highest BCUT2D eigenvalue weighted by atomic mass is 31.2. The molecule has 4 aromatic carbocycles. The van der Waals surface area contributed by atoms with Crippen LogP contribution >= 0.6 is 8.38 Å². The van der Waals surface area contributed by atoms with E-state index in [1.807, 2.05) is 12.1 Å². The van der Waals surface area contributed by atoms with Crippen molar-refractivity contribution in [2.45, 2.75) is 79.1 Å². The van der Waals surface area contributed by atoms with Crippen LogP contribution in [0.5, 0.6) is 0 Å². The minimum Gasteiger partial charge on any atom is -0.347 e. The Morgan fingerprint density at radius 3 is 1.38 bits per heavy atom. The first kappa shape index (κ1) is 29.2. The van der Waals surface area contributed by atoms with E-state index in [2.05, 4.69) is 122 Å². The zero-order valence-corrected chi connectivity index (χ0v) is 25.6. The van der Waals surface area contributed by atoms with E-state index in [4.69, 9.17) is 0 Å². The van der Waals surface area contributed by atoms with Crippen molar-refractivity contribution in [2.24, 2.45) is 0 Å². The maximum absolute atomic E-state index is 10.8. The normalized spacial score (nSPS) is 12.0. The molecule has 0 atom stereocenters. The van der Waals surface area contributed by atoms with Gasteiger partial charge in [-0.3, -0.25) is 0 Å². The van der Waals surface area contributed by atoms with Gasteiger partial charge in [-0.2, -0.15) is 0 Å². The second-order valence-electron chi connectivity index (χ2n) is 11.8. The summed E-state index contributed by atoms with van der Waals surface area (Å²) in [4.78, 5) is 21.6. The van der Waals surface area contributed by atoms with Crippen molar-refractivity contribution in [2.75, 3.05) is 0 Å². The van der Waals surface area contributed by atoms with Crippen molar-refractivity contribution in [3.8, 4) is 33.4 Å². The van der Waals surface area contributed by atoms with Gasteiger partial charge in [0.05, 0.1) is 0 Å². The fourth-order valence-electron chi connectivity index (χ4n) is 5.46. The SMILES string of the molecule is CC(C)c1ccc(-c2c(-c3ccccc3)ccc(P(O)O)c2-c2ccc(C(C)C)cc2C(C)C)c(C(C)C)c1. The average Bonchev–Trinajstić information content (AvgIpc) is 2.91. The minimum absolute atomic E-state index is 0.274. The first-order valence-electron chi connectivity index (χ1n) is 14.2. The third-order valence-electron chi connectivity index (χ3n) is 7.75. The topological polar surface area (TPSA) is 40.5 Å². The van der Waals surface area contributed by atoms with Crippen molar-refractivity contribution in [3.05, 3.63) is 101 Å². The summed E-state index contributed by atoms with van der Waals surface area (Å²) in [6, 6.07) is 28.0. The van der Waals surface area contributed by atoms with Crippen molar-refractivity contribution in [1.82, 2.24) is 0 Å². The molecule has 0 aromatic heterocycles. The lowest BCUT2D eigenvalue weighted by atomic mass is 9.80. The Bertz CT molecular complexity index is 1430. The summed E-state index contributed by atoms with van der Waals surface area (Å²) in [5.41, 5.74) is 11.6. The largest absolute Gasteiger partial charge is 0.347 e. The molecule has 0 saturated heterocycles. The van der Waals surface area contributed by atoms with E-state index >= 15 is 0 Å². The van der Waals surface area contributed by atoms with Gasteiger partial charge in [-0.15, -0.1) is 0 Å². The fourth-order valence-corrected chi connectivity index (χ4v) is 6.10. The zero-order chi connectivity index (χ0) is 28.4. The van der Waals surface area contributed by atoms with Crippen LogP contribution in [-0.4, -0.2) is 9.79 Å². The molecule has 0 fully saturated rings. The van der Waals surface area contributed by atoms with Gasteiger partial charge in [0.15, 0.2) is 8.38 Å². The van der Waals surface area contributed by atoms with Crippen LogP contribution in [0.15, 0.2) is 78.9 Å². The number of benzene rings is 4. The molecule has 0 amide bonds. The van der Waals surface area contributed by atoms with Crippen LogP contribution in [0, 0.1) is 0 Å². The second kappa shape index (κ2) is 12.2. The molecular formula is C36H43O2P. The van der Waals surface area contributed by atoms with E-state index in [1.54, 1.807) is 0 Å². The Labute approximate surface area is 236 Å². The van der Waals surface area contributed by atoms with E-state index in [1.165, 1.54) is 22.3 Å². The summed E-state index contributed by atoms with van der Waals surface area (Å²) in [6.45, 7) is 17.8. The van der Waals surface area contributed by atoms with Crippen LogP contribution in [0.1, 0.15) is 101 Å². The highest BCUT2D eigenvalue weighted by molar-refractivity contribution is 7.54. The molecule has 2 N–H and O–H groups in total. The van der Waals surface area contributed by atoms with Gasteiger partial charge in [0.25, 0.3) is 0 Å². The van der Waals surface area contributed by atoms with Crippen LogP contribution < -0.4 is 5.30 Å². The highest BCUT2D eigenvalue weighted by Gasteiger charge is 2.26. The van der Waals surface area contributed by atoms with Crippen molar-refractivity contribution in [3.63, 3.8) is 0 Å². The second-order valence-corrected chi connectivity index (χ2v) is 12.9. The first-order chi connectivity index (χ1) is 18.5. The monoisotopic (exact) mass is 538 g/mol. The van der Waals surface area contributed by atoms with Crippen LogP contribution in [-0.2, 0) is 0 Å². The van der Waals surface area contributed by atoms with Gasteiger partial charge in [-0.25, -0.2) is 0 Å². The molecule has 0 radical (unpaired) electrons. The smallest absolute Gasteiger partial charge is 0.200 e. The maximum Gasteiger partial charge on any atom is 0.200 e. The number of hydrogen-bond donors (Lipinski definition) is 2. The molecule has 204 valence electrons. The highest BCUT2D eigenvalue weighted by Crippen LogP contribution is 2.47. The Morgan fingerprint density at radius 1 is 0.487 bits per heavy atom. The number of rotatable bonds is 8. The summed E-state index contributed by atoms with van der Waals surface area (Å²) >= 11 is 0. The van der Waals surface area contributed by atoms with Crippen molar-refractivity contribution >= 4 is 13.7 Å². The Morgan fingerprint density at radius 2 is 0.949 bits per heavy atom. The van der Waals surface area contributed by atoms with Gasteiger partial charge >= 0.3 is 0 Å². The van der Waals surface area contributed by atoms with Crippen LogP contribution in [0.2, 0.25) is 0 Å². The fraction of sp³-hybridized carbons (Fsp3) is 0.333. The standard InChI is InChI=1S/C36H43O2P/c1-22(2)27-14-16-30(32(20-27)24(5)6)35-29(26-12-10-9-11-13-26)18-19-34(39(37)38)36(35)31-17-15-28(23(3)4)21-33(31)25(7)8/h9-25,37-38H,1-8H3. The average molecular weight is 539 g/mol. The summed E-state index contributed by atoms with van der Waals surface area (Å²) in [5, 5.41) is 0.599. The summed E-state index contributed by atoms with van der Waals surface area (Å²) < 4.78 is 0. The lowest BCUT2D eigenvalue weighted by Gasteiger charge is -2.26. The molecule has 0 unspecified atom stereocenters. The quantitative estimate of drug-likeness (QED) is 0.219. The molecular weight excluding hydrogens is 495 g/mol. The Kier molecular flexibility index (Phi) is 9.12. The predicted molar refractivity (Wildman–Crippen MR) is 170 cm³/mol. The summed E-state index contributed by atoms with van der Waals surface area (Å²) in [5.74, 6) is 1.41. The van der Waals surface area contributed by atoms with Crippen molar-refractivity contribution in [1.29, 1.82) is 0 Å². The molecule has 0 aliphatic carbocycles. The van der Waals surface area contributed by atoms with Gasteiger partial charge in [0, 0.05) is 10.9 Å². The third-order valence-corrected chi connectivity index (χ3v) is 8.55. The number of hydrogen-bond acceptors (Lipinski definition) is 2. The molecule has 0 bridgehead atoms. The Hall–Kier alpha value is -2.77. The Balaban J connectivity index is 2.21. The van der Waals surface area contributed by atoms with Gasteiger partial charge in [0.2, 0.25) is 0 Å². The van der Waals surface area contributed by atoms with E-state index in [0.717, 1.165) is 33.4 Å². The van der Waals surface area contributed by atoms with Gasteiger partial charge < -0.3 is 9.79 Å². The van der Waals surface area contributed by atoms with E-state index in [9.17, 15) is 9.79 Å². The van der Waals surface area contributed by atoms with Crippen LogP contribution in [0.4, 0.5) is 0 Å². The van der Waals surface area contributed by atoms with Gasteiger partial charge in [-0.05, 0) is 79.8 Å². The molecule has 4 aromatic rings. The van der Waals surface area contributed by atoms with E-state index in [-0.39, 0.29) is 5.92 Å². The lowest BCUT2D eigenvalue weighted by molar-refractivity contribution is 0.497. The molecule has 0 aliphatic heterocycles. The lowest BCUT2D eigenvalue weighted by Crippen LogP contribution is -2.11. The first-order valence-corrected chi connectivity index (χ1v) is 15.4. The molecule has 0 spiro atoms. The predicted octanol–water partition coefficient (Wildman–Crippen LogP) is 10.1. The van der Waals surface area contributed by atoms with Gasteiger partial charge in [-0.1, -0.05) is 128 Å². The molecule has 4 rings (SSSR count). The summed E-state index contributed by atoms with van der Waals surface area (Å²) in [7, 11) is -2.32. The maximum atomic E-state index is 10.8. The third kappa shape index (κ3) is 6.04. The van der Waals surface area contributed by atoms with Crippen LogP contribution in [0.3, 0.4) is 0 Å². The molecule has 0 aliphatic rings. The molecule has 3 heteroatoms. The minimum atomic E-state index is -2.32. The summed E-state index contributed by atoms with van der Waals surface area (Å²) in [6.07, 6.45) is 0. The molecule has 2 nitrogen and oxygen atoms in total. The molecule has 0 saturated carbocycles. The van der Waals surface area contributed by atoms with Gasteiger partial charge in [0.1, 0.15) is 0 Å². The van der Waals surface area contributed by atoms with E-state index < -0.39 is 8.38 Å². The van der Waals surface area contributed by atoms with Crippen molar-refractivity contribution < 1.29 is 9.79 Å². The molecule has 0 heterocycles. The zero-order valence-electron chi connectivity index (χ0n) is 24.7. The van der Waals surface area contributed by atoms with E-state index in [0.29, 0.717) is 23.1 Å². The van der Waals surface area contributed by atoms with Crippen LogP contribution in [0.25, 0.3) is 33.4 Å². The molecule has 39 heavy (non-hydrogen) atoms.